The highest BCUT2D eigenvalue weighted by atomic mass is 32.2. The number of phenolic OH excluding ortho intramolecular Hbond substituents is 2. The quantitative estimate of drug-likeness (QED) is 0.0112. The van der Waals surface area contributed by atoms with Gasteiger partial charge in [0.15, 0.2) is 11.5 Å². The molecule has 13 N–H and O–H groups in total. The third-order valence-electron chi connectivity index (χ3n) is 12.6. The molecule has 0 unspecified atom stereocenters. The van der Waals surface area contributed by atoms with E-state index in [1.165, 1.54) is 97.1 Å². The Balaban J connectivity index is 1.13. The van der Waals surface area contributed by atoms with Crippen LogP contribution in [-0.4, -0.2) is 80.2 Å². The molecular formula is C52H48N12O17S5. The van der Waals surface area contributed by atoms with Crippen molar-refractivity contribution in [2.45, 2.75) is 34.0 Å². The number of nitrogen functional groups attached to an aromatic ring is 4. The van der Waals surface area contributed by atoms with Crippen LogP contribution in [-0.2, 0) is 76.2 Å². The second kappa shape index (κ2) is 24.4. The van der Waals surface area contributed by atoms with Crippen LogP contribution < -0.4 is 22.9 Å². The molecule has 0 spiro atoms. The maximum atomic E-state index is 13.4. The molecule has 448 valence electrons. The first-order valence-corrected chi connectivity index (χ1v) is 31.9. The summed E-state index contributed by atoms with van der Waals surface area (Å²) in [6.07, 6.45) is 2.61. The Labute approximate surface area is 490 Å². The summed E-state index contributed by atoms with van der Waals surface area (Å²) in [5.74, 6) is -4.31. The molecule has 34 heteroatoms. The second-order valence-corrected chi connectivity index (χ2v) is 26.3. The molecule has 86 heavy (non-hydrogen) atoms. The maximum Gasteiger partial charge on any atom is 0.299 e. The Kier molecular flexibility index (Phi) is 17.8. The van der Waals surface area contributed by atoms with Gasteiger partial charge in [-0.1, -0.05) is 36.4 Å². The average molecular weight is 1270 g/mol. The van der Waals surface area contributed by atoms with Crippen molar-refractivity contribution in [3.63, 3.8) is 0 Å². The number of benzene rings is 8. The van der Waals surface area contributed by atoms with Crippen molar-refractivity contribution in [3.05, 3.63) is 143 Å². The van der Waals surface area contributed by atoms with Gasteiger partial charge in [0.25, 0.3) is 50.6 Å². The molecule has 0 amide bonds. The minimum atomic E-state index is -4.82. The minimum Gasteiger partial charge on any atom is -0.505 e. The van der Waals surface area contributed by atoms with Gasteiger partial charge in [-0.25, -0.2) is 0 Å². The van der Waals surface area contributed by atoms with Crippen LogP contribution in [0.25, 0.3) is 33.7 Å². The van der Waals surface area contributed by atoms with Crippen molar-refractivity contribution in [1.82, 2.24) is 0 Å². The topological polar surface area (TPSA) is 493 Å². The number of phenols is 2. The minimum absolute atomic E-state index is 0.00180. The second-order valence-electron chi connectivity index (χ2n) is 18.6. The van der Waals surface area contributed by atoms with E-state index < -0.39 is 101 Å². The number of rotatable bonds is 20. The van der Waals surface area contributed by atoms with Crippen LogP contribution in [0.5, 0.6) is 11.5 Å². The number of hydrogen-bond donors (Lipinski definition) is 9. The van der Waals surface area contributed by atoms with Crippen LogP contribution in [0.1, 0.15) is 33.4 Å². The summed E-state index contributed by atoms with van der Waals surface area (Å²) in [7, 11) is -21.4. The van der Waals surface area contributed by atoms with Gasteiger partial charge in [0.05, 0.1) is 59.1 Å². The fraction of sp³-hybridized carbons (Fsp3) is 0.115. The highest BCUT2D eigenvalue weighted by molar-refractivity contribution is 7.87. The van der Waals surface area contributed by atoms with Gasteiger partial charge in [-0.2, -0.15) is 62.5 Å². The predicted octanol–water partition coefficient (Wildman–Crippen LogP) is 10.7. The van der Waals surface area contributed by atoms with Gasteiger partial charge >= 0.3 is 0 Å². The van der Waals surface area contributed by atoms with Gasteiger partial charge < -0.3 is 33.1 Å². The highest BCUT2D eigenvalue weighted by Gasteiger charge is 2.27. The van der Waals surface area contributed by atoms with E-state index in [-0.39, 0.29) is 101 Å². The van der Waals surface area contributed by atoms with E-state index in [1.54, 1.807) is 19.1 Å². The summed E-state index contributed by atoms with van der Waals surface area (Å²) in [6.45, 7) is 1.77. The van der Waals surface area contributed by atoms with E-state index in [0.29, 0.717) is 5.69 Å². The molecule has 0 heterocycles. The van der Waals surface area contributed by atoms with E-state index in [0.717, 1.165) is 31.9 Å². The zero-order valence-electron chi connectivity index (χ0n) is 44.7. The lowest BCUT2D eigenvalue weighted by molar-refractivity contribution is 0.396. The molecule has 0 saturated heterocycles. The highest BCUT2D eigenvalue weighted by Crippen LogP contribution is 2.48. The van der Waals surface area contributed by atoms with E-state index in [2.05, 4.69) is 40.9 Å². The normalized spacial score (nSPS) is 13.0. The van der Waals surface area contributed by atoms with Crippen LogP contribution in [0.4, 0.5) is 68.2 Å². The van der Waals surface area contributed by atoms with Gasteiger partial charge in [-0.15, -0.1) is 20.5 Å². The monoisotopic (exact) mass is 1270 g/mol. The van der Waals surface area contributed by atoms with E-state index in [4.69, 9.17) is 31.3 Å². The molecule has 0 aliphatic rings. The molecule has 0 saturated carbocycles. The van der Waals surface area contributed by atoms with Gasteiger partial charge in [0, 0.05) is 39.1 Å². The van der Waals surface area contributed by atoms with E-state index >= 15 is 0 Å². The lowest BCUT2D eigenvalue weighted by atomic mass is 10.0. The SMILES string of the molecule is COS(=O)(=O)c1cc(N=Nc2ccc(N)c3c(O)c(N=Nc4ccc(CS(=O)(=O)O)c(N)c4)c(CS(=O)(=O)O)cc23)ccc1/C=C/c1ccc(N=Nc2ccc(N)c3c(O)c(N=Nc4ccc(C)c(N)c4)c(S(=O)(=O)OC)cc23)cc1CS(=O)(=O)O. The van der Waals surface area contributed by atoms with Crippen molar-refractivity contribution in [2.24, 2.45) is 40.9 Å². The molecule has 0 aliphatic heterocycles. The standard InChI is InChI=1S/C52H48N12O17S5/c1-27-4-10-34(20-41(27)55)60-64-50-46(86(78,79)81-3)23-38-44(17-15-40(54)48(38)52(50)66)62-57-33-11-7-28(31(18-33)25-83(70,71)72)5-6-29-8-12-36(22-45(29)85(76,77)80-2)58-61-43-16-14-39(53)47-37(43)19-32(26-84(73,74)75)49(51(47)65)63-59-35-13-9-30(42(56)21-35)24-82(67,68)69/h4-23,65-66H,24-26,53-56H2,1-3H3,(H,67,68,69)(H,70,71,72)(H,73,74,75)/b6-5+,61-58?,62-57?,63-59?,64-60?. The van der Waals surface area contributed by atoms with E-state index in [9.17, 15) is 66.0 Å². The number of hydrogen-bond acceptors (Lipinski definition) is 26. The van der Waals surface area contributed by atoms with Crippen molar-refractivity contribution < 1.29 is 74.3 Å². The number of nitrogens with two attached hydrogens (primary N) is 4. The Morgan fingerprint density at radius 1 is 0.419 bits per heavy atom. The molecule has 0 aliphatic carbocycles. The summed E-state index contributed by atoms with van der Waals surface area (Å²) in [5, 5.41) is 55.8. The Bertz CT molecular complexity index is 4870. The summed E-state index contributed by atoms with van der Waals surface area (Å²) < 4.78 is 164. The molecule has 8 aromatic carbocycles. The third kappa shape index (κ3) is 14.6. The van der Waals surface area contributed by atoms with Crippen LogP contribution in [0.15, 0.2) is 160 Å². The third-order valence-corrected chi connectivity index (χ3v) is 17.2. The first kappa shape index (κ1) is 62.8. The largest absolute Gasteiger partial charge is 0.505 e. The fourth-order valence-electron chi connectivity index (χ4n) is 8.44. The van der Waals surface area contributed by atoms with Crippen molar-refractivity contribution in [3.8, 4) is 11.5 Å². The zero-order chi connectivity index (χ0) is 62.8. The van der Waals surface area contributed by atoms with Crippen LogP contribution in [0.3, 0.4) is 0 Å². The summed E-state index contributed by atoms with van der Waals surface area (Å²) in [5.41, 5.74) is 24.2. The van der Waals surface area contributed by atoms with Crippen molar-refractivity contribution in [1.29, 1.82) is 0 Å². The smallest absolute Gasteiger partial charge is 0.299 e. The first-order chi connectivity index (χ1) is 40.2. The number of anilines is 4. The molecule has 0 aromatic heterocycles. The fourth-order valence-corrected chi connectivity index (χ4v) is 12.0. The van der Waals surface area contributed by atoms with Crippen LogP contribution in [0.2, 0.25) is 0 Å². The van der Waals surface area contributed by atoms with Gasteiger partial charge in [-0.3, -0.25) is 22.0 Å². The molecule has 0 radical (unpaired) electrons. The number of fused-ring (bicyclic) bond motifs is 2. The molecule has 0 bridgehead atoms. The molecule has 8 aromatic rings. The van der Waals surface area contributed by atoms with Crippen molar-refractivity contribution in [2.75, 3.05) is 37.2 Å². The Morgan fingerprint density at radius 3 is 1.40 bits per heavy atom. The number of aryl methyl sites for hydroxylation is 1. The summed E-state index contributed by atoms with van der Waals surface area (Å²) >= 11 is 0. The first-order valence-electron chi connectivity index (χ1n) is 24.2. The Hall–Kier alpha value is -9.23. The van der Waals surface area contributed by atoms with Gasteiger partial charge in [0.1, 0.15) is 38.4 Å². The number of aromatic hydroxyl groups is 2. The summed E-state index contributed by atoms with van der Waals surface area (Å²) in [6, 6.07) is 23.8. The van der Waals surface area contributed by atoms with Gasteiger partial charge in [0.2, 0.25) is 0 Å². The number of nitrogens with zero attached hydrogens (tertiary/aromatic N) is 8. The molecule has 29 nitrogen and oxygen atoms in total. The van der Waals surface area contributed by atoms with Crippen LogP contribution in [0, 0.1) is 6.92 Å². The van der Waals surface area contributed by atoms with Gasteiger partial charge in [-0.05, 0) is 120 Å². The van der Waals surface area contributed by atoms with Crippen molar-refractivity contribution >= 4 is 153 Å². The lowest BCUT2D eigenvalue weighted by Gasteiger charge is -2.13. The average Bonchev–Trinajstić information content (AvgIpc) is 1.75. The molecule has 8 rings (SSSR count). The molecule has 0 fully saturated rings. The zero-order valence-corrected chi connectivity index (χ0v) is 48.8. The summed E-state index contributed by atoms with van der Waals surface area (Å²) in [4.78, 5) is -1.09. The molecule has 0 atom stereocenters. The molecular weight excluding hydrogens is 1220 g/mol. The van der Waals surface area contributed by atoms with E-state index in [1.807, 2.05) is 0 Å². The Morgan fingerprint density at radius 2 is 0.849 bits per heavy atom. The maximum absolute atomic E-state index is 13.4. The van der Waals surface area contributed by atoms with Crippen LogP contribution >= 0.6 is 0 Å². The lowest BCUT2D eigenvalue weighted by Crippen LogP contribution is -2.05. The number of azo groups is 4. The predicted molar refractivity (Wildman–Crippen MR) is 319 cm³/mol.